The molecule has 1 aromatic carbocycles. The number of carboxylic acids is 1. The summed E-state index contributed by atoms with van der Waals surface area (Å²) >= 11 is 17.8. The molecule has 104 valence electrons. The third-order valence-electron chi connectivity index (χ3n) is 2.58. The fraction of sp³-hybridized carbons (Fsp3) is 0.0769. The quantitative estimate of drug-likeness (QED) is 0.665. The van der Waals surface area contributed by atoms with Gasteiger partial charge >= 0.3 is 5.97 Å². The predicted molar refractivity (Wildman–Crippen MR) is 76.0 cm³/mol. The second kappa shape index (κ2) is 5.95. The minimum absolute atomic E-state index is 0.00238. The van der Waals surface area contributed by atoms with E-state index in [-0.39, 0.29) is 26.3 Å². The number of nitrogens with zero attached hydrogens (tertiary/aromatic N) is 1. The van der Waals surface area contributed by atoms with Crippen LogP contribution in [0, 0.1) is 5.95 Å². The molecule has 0 bridgehead atoms. The van der Waals surface area contributed by atoms with E-state index in [1.807, 2.05) is 0 Å². The molecular formula is C13H7Cl3FNO2. The molecule has 1 N–H and O–H groups in total. The Bertz CT molecular complexity index is 692. The van der Waals surface area contributed by atoms with Crippen molar-refractivity contribution < 1.29 is 14.3 Å². The third-order valence-corrected chi connectivity index (χ3v) is 3.87. The van der Waals surface area contributed by atoms with Crippen LogP contribution in [0.5, 0.6) is 0 Å². The van der Waals surface area contributed by atoms with Gasteiger partial charge in [0.2, 0.25) is 5.95 Å². The Labute approximate surface area is 128 Å². The highest BCUT2D eigenvalue weighted by Gasteiger charge is 2.14. The Hall–Kier alpha value is -1.36. The van der Waals surface area contributed by atoms with Gasteiger partial charge in [-0.1, -0.05) is 40.9 Å². The standard InChI is InChI=1S/C13H7Cl3FNO2/c14-8-3-2-7(11(15)12(8)16)9-4-1-6(5-10(19)20)13(17)18-9/h1-4H,5H2,(H,19,20). The molecule has 0 aliphatic rings. The second-order valence-electron chi connectivity index (χ2n) is 3.94. The highest BCUT2D eigenvalue weighted by Crippen LogP contribution is 2.37. The summed E-state index contributed by atoms with van der Waals surface area (Å²) < 4.78 is 13.7. The normalized spacial score (nSPS) is 10.6. The number of rotatable bonds is 3. The molecule has 2 aromatic rings. The van der Waals surface area contributed by atoms with Crippen molar-refractivity contribution in [3.05, 3.63) is 50.8 Å². The lowest BCUT2D eigenvalue weighted by atomic mass is 10.1. The monoisotopic (exact) mass is 333 g/mol. The number of aliphatic carboxylic acids is 1. The van der Waals surface area contributed by atoms with Crippen molar-refractivity contribution in [3.8, 4) is 11.3 Å². The lowest BCUT2D eigenvalue weighted by Gasteiger charge is -2.08. The van der Waals surface area contributed by atoms with E-state index >= 15 is 0 Å². The molecule has 2 rings (SSSR count). The van der Waals surface area contributed by atoms with Crippen molar-refractivity contribution in [2.75, 3.05) is 0 Å². The van der Waals surface area contributed by atoms with Gasteiger partial charge in [0.05, 0.1) is 27.2 Å². The molecule has 0 saturated carbocycles. The van der Waals surface area contributed by atoms with Gasteiger partial charge in [-0.2, -0.15) is 4.39 Å². The molecule has 20 heavy (non-hydrogen) atoms. The molecule has 0 saturated heterocycles. The number of hydrogen-bond donors (Lipinski definition) is 1. The van der Waals surface area contributed by atoms with Gasteiger partial charge in [-0.15, -0.1) is 0 Å². The highest BCUT2D eigenvalue weighted by atomic mass is 35.5. The molecule has 0 amide bonds. The van der Waals surface area contributed by atoms with Gasteiger partial charge in [-0.3, -0.25) is 4.79 Å². The van der Waals surface area contributed by atoms with Crippen LogP contribution in [-0.4, -0.2) is 16.1 Å². The molecule has 0 unspecified atom stereocenters. The number of pyridine rings is 1. The molecule has 1 aromatic heterocycles. The SMILES string of the molecule is O=C(O)Cc1ccc(-c2ccc(Cl)c(Cl)c2Cl)nc1F. The fourth-order valence-corrected chi connectivity index (χ4v) is 2.26. The maximum absolute atomic E-state index is 13.7. The van der Waals surface area contributed by atoms with Crippen molar-refractivity contribution >= 4 is 40.8 Å². The maximum atomic E-state index is 13.7. The van der Waals surface area contributed by atoms with Crippen LogP contribution in [0.25, 0.3) is 11.3 Å². The summed E-state index contributed by atoms with van der Waals surface area (Å²) in [4.78, 5) is 14.3. The predicted octanol–water partition coefficient (Wildman–Crippen LogP) is 4.48. The number of hydrogen-bond acceptors (Lipinski definition) is 2. The second-order valence-corrected chi connectivity index (χ2v) is 5.10. The van der Waals surface area contributed by atoms with Crippen LogP contribution < -0.4 is 0 Å². The Kier molecular flexibility index (Phi) is 4.48. The summed E-state index contributed by atoms with van der Waals surface area (Å²) in [6.45, 7) is 0. The average Bonchev–Trinajstić information content (AvgIpc) is 2.38. The van der Waals surface area contributed by atoms with Crippen LogP contribution in [0.2, 0.25) is 15.1 Å². The smallest absolute Gasteiger partial charge is 0.307 e. The van der Waals surface area contributed by atoms with Crippen molar-refractivity contribution in [1.29, 1.82) is 0 Å². The zero-order chi connectivity index (χ0) is 14.9. The van der Waals surface area contributed by atoms with Crippen molar-refractivity contribution in [1.82, 2.24) is 4.98 Å². The van der Waals surface area contributed by atoms with E-state index < -0.39 is 18.3 Å². The molecule has 7 heteroatoms. The summed E-state index contributed by atoms with van der Waals surface area (Å²) in [6.07, 6.45) is -0.436. The first-order chi connectivity index (χ1) is 9.40. The van der Waals surface area contributed by atoms with Gasteiger partial charge in [-0.05, 0) is 18.2 Å². The zero-order valence-electron chi connectivity index (χ0n) is 9.83. The van der Waals surface area contributed by atoms with E-state index in [9.17, 15) is 9.18 Å². The molecule has 0 radical (unpaired) electrons. The Balaban J connectivity index is 2.47. The van der Waals surface area contributed by atoms with Crippen molar-refractivity contribution in [2.24, 2.45) is 0 Å². The first-order valence-electron chi connectivity index (χ1n) is 5.41. The van der Waals surface area contributed by atoms with Gasteiger partial charge in [-0.25, -0.2) is 4.98 Å². The summed E-state index contributed by atoms with van der Waals surface area (Å²) in [7, 11) is 0. The lowest BCUT2D eigenvalue weighted by molar-refractivity contribution is -0.136. The maximum Gasteiger partial charge on any atom is 0.307 e. The summed E-state index contributed by atoms with van der Waals surface area (Å²) in [5.41, 5.74) is 0.666. The Morgan fingerprint density at radius 1 is 1.15 bits per heavy atom. The molecule has 0 fully saturated rings. The van der Waals surface area contributed by atoms with Crippen LogP contribution in [0.15, 0.2) is 24.3 Å². The van der Waals surface area contributed by atoms with Crippen molar-refractivity contribution in [2.45, 2.75) is 6.42 Å². The number of carbonyl (C=O) groups is 1. The van der Waals surface area contributed by atoms with Crippen LogP contribution in [0.3, 0.4) is 0 Å². The van der Waals surface area contributed by atoms with Crippen LogP contribution in [-0.2, 0) is 11.2 Å². The molecule has 0 aliphatic heterocycles. The Morgan fingerprint density at radius 2 is 1.85 bits per heavy atom. The number of aromatic nitrogens is 1. The van der Waals surface area contributed by atoms with Crippen LogP contribution in [0.1, 0.15) is 5.56 Å². The van der Waals surface area contributed by atoms with Gasteiger partial charge in [0, 0.05) is 11.1 Å². The van der Waals surface area contributed by atoms with Gasteiger partial charge in [0.25, 0.3) is 0 Å². The highest BCUT2D eigenvalue weighted by molar-refractivity contribution is 6.49. The Morgan fingerprint density at radius 3 is 2.45 bits per heavy atom. The van der Waals surface area contributed by atoms with E-state index in [1.165, 1.54) is 18.2 Å². The topological polar surface area (TPSA) is 50.2 Å². The van der Waals surface area contributed by atoms with E-state index in [1.54, 1.807) is 6.07 Å². The molecule has 0 atom stereocenters. The summed E-state index contributed by atoms with van der Waals surface area (Å²) in [5.74, 6) is -1.99. The van der Waals surface area contributed by atoms with E-state index in [0.29, 0.717) is 5.56 Å². The van der Waals surface area contributed by atoms with E-state index in [0.717, 1.165) is 0 Å². The summed E-state index contributed by atoms with van der Waals surface area (Å²) in [6, 6.07) is 5.92. The summed E-state index contributed by atoms with van der Waals surface area (Å²) in [5, 5.41) is 9.24. The minimum atomic E-state index is -1.13. The molecular weight excluding hydrogens is 328 g/mol. The fourth-order valence-electron chi connectivity index (χ4n) is 1.63. The lowest BCUT2D eigenvalue weighted by Crippen LogP contribution is -2.04. The third kappa shape index (κ3) is 3.03. The zero-order valence-corrected chi connectivity index (χ0v) is 12.1. The number of benzene rings is 1. The largest absolute Gasteiger partial charge is 0.481 e. The van der Waals surface area contributed by atoms with Crippen LogP contribution in [0.4, 0.5) is 4.39 Å². The van der Waals surface area contributed by atoms with Crippen molar-refractivity contribution in [3.63, 3.8) is 0 Å². The molecule has 1 heterocycles. The minimum Gasteiger partial charge on any atom is -0.481 e. The van der Waals surface area contributed by atoms with Gasteiger partial charge in [0.15, 0.2) is 0 Å². The van der Waals surface area contributed by atoms with E-state index in [2.05, 4.69) is 4.98 Å². The number of halogens is 4. The van der Waals surface area contributed by atoms with E-state index in [4.69, 9.17) is 39.9 Å². The molecule has 3 nitrogen and oxygen atoms in total. The number of carboxylic acid groups (broad SMARTS) is 1. The molecule has 0 spiro atoms. The molecule has 0 aliphatic carbocycles. The first kappa shape index (κ1) is 15.0. The van der Waals surface area contributed by atoms with Gasteiger partial charge in [0.1, 0.15) is 0 Å². The first-order valence-corrected chi connectivity index (χ1v) is 6.54. The average molecular weight is 335 g/mol. The van der Waals surface area contributed by atoms with Gasteiger partial charge < -0.3 is 5.11 Å². The van der Waals surface area contributed by atoms with Crippen LogP contribution >= 0.6 is 34.8 Å².